The fraction of sp³-hybridized carbons (Fsp3) is 0.381. The number of piperidine rings is 3. The Bertz CT molecular complexity index is 845. The van der Waals surface area contributed by atoms with Crippen molar-refractivity contribution in [3.05, 3.63) is 53.7 Å². The number of benzene rings is 1. The summed E-state index contributed by atoms with van der Waals surface area (Å²) >= 11 is 1.48. The third kappa shape index (κ3) is 4.22. The first kappa shape index (κ1) is 18.2. The highest BCUT2D eigenvalue weighted by molar-refractivity contribution is 7.99. The van der Waals surface area contributed by atoms with Crippen LogP contribution in [0.5, 0.6) is 0 Å². The number of nitrogens with zero attached hydrogens (tertiary/aromatic N) is 2. The maximum atomic E-state index is 12.6. The minimum Gasteiger partial charge on any atom is -0.348 e. The number of amides is 1. The molecule has 1 unspecified atom stereocenters. The Hall–Kier alpha value is -2.18. The summed E-state index contributed by atoms with van der Waals surface area (Å²) in [5.41, 5.74) is 1.34. The van der Waals surface area contributed by atoms with E-state index in [4.69, 9.17) is 0 Å². The van der Waals surface area contributed by atoms with E-state index in [2.05, 4.69) is 15.2 Å². The van der Waals surface area contributed by atoms with Crippen molar-refractivity contribution in [3.8, 4) is 0 Å². The number of fused-ring (bicyclic) bond motifs is 3. The molecule has 4 heterocycles. The first-order valence-electron chi connectivity index (χ1n) is 9.36. The Kier molecular flexibility index (Phi) is 5.27. The van der Waals surface area contributed by atoms with E-state index in [9.17, 15) is 9.59 Å². The second-order valence-corrected chi connectivity index (χ2v) is 8.38. The largest absolute Gasteiger partial charge is 0.348 e. The summed E-state index contributed by atoms with van der Waals surface area (Å²) in [6.07, 6.45) is 4.02. The van der Waals surface area contributed by atoms with E-state index in [0.29, 0.717) is 17.0 Å². The summed E-state index contributed by atoms with van der Waals surface area (Å²) in [5, 5.41) is 3.99. The van der Waals surface area contributed by atoms with Crippen LogP contribution in [0.2, 0.25) is 0 Å². The van der Waals surface area contributed by atoms with Crippen LogP contribution in [0.15, 0.2) is 52.5 Å². The highest BCUT2D eigenvalue weighted by Crippen LogP contribution is 2.29. The molecular formula is C21H23N3O2S. The van der Waals surface area contributed by atoms with E-state index in [1.165, 1.54) is 37.7 Å². The molecule has 5 nitrogen and oxygen atoms in total. The van der Waals surface area contributed by atoms with Crippen LogP contribution in [0.3, 0.4) is 0 Å². The van der Waals surface area contributed by atoms with Gasteiger partial charge in [-0.2, -0.15) is 0 Å². The number of Topliss-reactive ketones (excluding diaryl/α,β-unsaturated/α-hetero) is 1. The molecule has 27 heavy (non-hydrogen) atoms. The number of hydrogen-bond acceptors (Lipinski definition) is 5. The van der Waals surface area contributed by atoms with Gasteiger partial charge in [0.15, 0.2) is 5.78 Å². The van der Waals surface area contributed by atoms with Crippen LogP contribution in [0.25, 0.3) is 0 Å². The van der Waals surface area contributed by atoms with Crippen molar-refractivity contribution in [2.45, 2.75) is 35.7 Å². The lowest BCUT2D eigenvalue weighted by Gasteiger charge is -2.44. The molecule has 140 valence electrons. The van der Waals surface area contributed by atoms with Crippen LogP contribution in [-0.2, 0) is 0 Å². The zero-order valence-corrected chi connectivity index (χ0v) is 16.2. The van der Waals surface area contributed by atoms with Crippen molar-refractivity contribution >= 4 is 23.5 Å². The second kappa shape index (κ2) is 7.82. The van der Waals surface area contributed by atoms with E-state index < -0.39 is 0 Å². The van der Waals surface area contributed by atoms with Gasteiger partial charge >= 0.3 is 0 Å². The molecule has 1 amide bonds. The smallest absolute Gasteiger partial charge is 0.251 e. The summed E-state index contributed by atoms with van der Waals surface area (Å²) in [6, 6.07) is 11.3. The molecule has 3 saturated heterocycles. The van der Waals surface area contributed by atoms with E-state index in [-0.39, 0.29) is 17.7 Å². The van der Waals surface area contributed by atoms with Crippen LogP contribution in [0.4, 0.5) is 0 Å². The Morgan fingerprint density at radius 2 is 1.85 bits per heavy atom. The summed E-state index contributed by atoms with van der Waals surface area (Å²) < 4.78 is 0. The number of pyridine rings is 1. The normalized spacial score (nSPS) is 23.8. The maximum Gasteiger partial charge on any atom is 0.251 e. The number of rotatable bonds is 5. The monoisotopic (exact) mass is 381 g/mol. The number of hydrogen-bond donors (Lipinski definition) is 1. The summed E-state index contributed by atoms with van der Waals surface area (Å²) in [5.74, 6) is 0.648. The molecule has 0 radical (unpaired) electrons. The number of carbonyl (C=O) groups excluding carboxylic acids is 2. The molecule has 3 aliphatic rings. The van der Waals surface area contributed by atoms with Gasteiger partial charge in [-0.05, 0) is 75.2 Å². The molecule has 3 fully saturated rings. The van der Waals surface area contributed by atoms with Crippen molar-refractivity contribution < 1.29 is 9.59 Å². The Morgan fingerprint density at radius 1 is 1.11 bits per heavy atom. The Morgan fingerprint density at radius 3 is 2.48 bits per heavy atom. The molecule has 2 aromatic rings. The van der Waals surface area contributed by atoms with Crippen LogP contribution in [-0.4, -0.2) is 47.3 Å². The van der Waals surface area contributed by atoms with Gasteiger partial charge in [0.25, 0.3) is 5.91 Å². The third-order valence-electron chi connectivity index (χ3n) is 5.45. The van der Waals surface area contributed by atoms with Crippen LogP contribution in [0.1, 0.15) is 40.5 Å². The molecule has 0 saturated carbocycles. The van der Waals surface area contributed by atoms with Gasteiger partial charge in [-0.25, -0.2) is 4.98 Å². The van der Waals surface area contributed by atoms with E-state index >= 15 is 0 Å². The van der Waals surface area contributed by atoms with Gasteiger partial charge in [0.1, 0.15) is 5.03 Å². The fourth-order valence-corrected chi connectivity index (χ4v) is 4.67. The molecule has 2 bridgehead atoms. The zero-order valence-electron chi connectivity index (χ0n) is 15.4. The SMILES string of the molecule is CC(=O)c1ccnc(Sc2ccc(C(=O)NC3CN4CCC3CC4)cc2)c1. The fourth-order valence-electron chi connectivity index (χ4n) is 3.86. The van der Waals surface area contributed by atoms with Gasteiger partial charge in [-0.15, -0.1) is 0 Å². The number of nitrogens with one attached hydrogen (secondary N) is 1. The van der Waals surface area contributed by atoms with Crippen molar-refractivity contribution in [3.63, 3.8) is 0 Å². The second-order valence-electron chi connectivity index (χ2n) is 7.28. The molecule has 1 aromatic heterocycles. The topological polar surface area (TPSA) is 62.3 Å². The lowest BCUT2D eigenvalue weighted by molar-refractivity contribution is 0.0620. The van der Waals surface area contributed by atoms with Crippen molar-refractivity contribution in [1.82, 2.24) is 15.2 Å². The van der Waals surface area contributed by atoms with Gasteiger partial charge in [0.05, 0.1) is 0 Å². The minimum absolute atomic E-state index is 0.00185. The average molecular weight is 382 g/mol. The van der Waals surface area contributed by atoms with Crippen molar-refractivity contribution in [2.75, 3.05) is 19.6 Å². The predicted molar refractivity (Wildman–Crippen MR) is 105 cm³/mol. The highest BCUT2D eigenvalue weighted by Gasteiger charge is 2.34. The molecule has 3 aliphatic heterocycles. The molecule has 0 spiro atoms. The molecular weight excluding hydrogens is 358 g/mol. The first-order chi connectivity index (χ1) is 13.1. The summed E-state index contributed by atoms with van der Waals surface area (Å²) in [6.45, 7) is 4.86. The number of carbonyl (C=O) groups is 2. The van der Waals surface area contributed by atoms with Gasteiger partial charge in [-0.1, -0.05) is 11.8 Å². The quantitative estimate of drug-likeness (QED) is 0.806. The van der Waals surface area contributed by atoms with Gasteiger partial charge < -0.3 is 10.2 Å². The zero-order chi connectivity index (χ0) is 18.8. The van der Waals surface area contributed by atoms with Crippen LogP contribution in [0, 0.1) is 5.92 Å². The third-order valence-corrected chi connectivity index (χ3v) is 6.39. The highest BCUT2D eigenvalue weighted by atomic mass is 32.2. The number of aromatic nitrogens is 1. The summed E-state index contributed by atoms with van der Waals surface area (Å²) in [7, 11) is 0. The molecule has 5 rings (SSSR count). The van der Waals surface area contributed by atoms with E-state index in [1.807, 2.05) is 24.3 Å². The van der Waals surface area contributed by atoms with Crippen LogP contribution < -0.4 is 5.32 Å². The average Bonchev–Trinajstić information content (AvgIpc) is 2.69. The van der Waals surface area contributed by atoms with Crippen LogP contribution >= 0.6 is 11.8 Å². The maximum absolute atomic E-state index is 12.6. The van der Waals surface area contributed by atoms with Crippen molar-refractivity contribution in [2.24, 2.45) is 5.92 Å². The predicted octanol–water partition coefficient (Wildman–Crippen LogP) is 3.26. The molecule has 6 heteroatoms. The lowest BCUT2D eigenvalue weighted by Crippen LogP contribution is -2.57. The molecule has 1 N–H and O–H groups in total. The molecule has 1 atom stereocenters. The Labute approximate surface area is 163 Å². The van der Waals surface area contributed by atoms with Gasteiger partial charge in [0, 0.05) is 34.8 Å². The van der Waals surface area contributed by atoms with Gasteiger partial charge in [0.2, 0.25) is 0 Å². The Balaban J connectivity index is 1.39. The van der Waals surface area contributed by atoms with Gasteiger partial charge in [-0.3, -0.25) is 9.59 Å². The first-order valence-corrected chi connectivity index (χ1v) is 10.2. The molecule has 0 aliphatic carbocycles. The molecule has 1 aromatic carbocycles. The summed E-state index contributed by atoms with van der Waals surface area (Å²) in [4.78, 5) is 31.8. The van der Waals surface area contributed by atoms with Crippen molar-refractivity contribution in [1.29, 1.82) is 0 Å². The van der Waals surface area contributed by atoms with E-state index in [1.54, 1.807) is 25.3 Å². The minimum atomic E-state index is 0.00185. The van der Waals surface area contributed by atoms with E-state index in [0.717, 1.165) is 16.5 Å². The standard InChI is InChI=1S/C21H23N3O2S/c1-14(25)17-6-9-22-20(12-17)27-18-4-2-16(3-5-18)21(26)23-19-13-24-10-7-15(19)8-11-24/h2-6,9,12,15,19H,7-8,10-11,13H2,1H3,(H,23,26). The number of ketones is 1. The lowest BCUT2D eigenvalue weighted by atomic mass is 9.84.